The molecule has 0 radical (unpaired) electrons. The minimum absolute atomic E-state index is 0.137. The Morgan fingerprint density at radius 1 is 0.933 bits per heavy atom. The minimum atomic E-state index is -0.137. The summed E-state index contributed by atoms with van der Waals surface area (Å²) in [4.78, 5) is 4.59. The fourth-order valence-corrected chi connectivity index (χ4v) is 3.69. The molecule has 0 atom stereocenters. The van der Waals surface area contributed by atoms with Crippen molar-refractivity contribution < 1.29 is 5.11 Å². The minimum Gasteiger partial charge on any atom is -0.507 e. The molecule has 0 bridgehead atoms. The molecule has 1 aromatic heterocycles. The summed E-state index contributed by atoms with van der Waals surface area (Å²) < 4.78 is 2.08. The molecule has 0 aliphatic heterocycles. The summed E-state index contributed by atoms with van der Waals surface area (Å²) in [5.74, 6) is 1.24. The molecule has 1 heterocycles. The number of aryl methyl sites for hydroxylation is 1. The van der Waals surface area contributed by atoms with E-state index in [0.29, 0.717) is 12.3 Å². The predicted octanol–water partition coefficient (Wildman–Crippen LogP) is 6.31. The summed E-state index contributed by atoms with van der Waals surface area (Å²) in [5.41, 5.74) is 6.30. The van der Waals surface area contributed by atoms with Gasteiger partial charge in [0.1, 0.15) is 5.75 Å². The van der Waals surface area contributed by atoms with Crippen LogP contribution < -0.4 is 5.32 Å². The number of hydrogen-bond donors (Lipinski definition) is 2. The highest BCUT2D eigenvalue weighted by molar-refractivity contribution is 5.62. The lowest BCUT2D eigenvalue weighted by molar-refractivity contribution is 0.423. The smallest absolute Gasteiger partial charge is 0.203 e. The van der Waals surface area contributed by atoms with Crippen molar-refractivity contribution in [3.63, 3.8) is 0 Å². The highest BCUT2D eigenvalue weighted by Gasteiger charge is 2.26. The number of rotatable bonds is 4. The number of imidazole rings is 1. The first-order valence-electron chi connectivity index (χ1n) is 10.6. The summed E-state index contributed by atoms with van der Waals surface area (Å²) in [6, 6.07) is 12.7. The monoisotopic (exact) mass is 405 g/mol. The zero-order chi connectivity index (χ0) is 22.3. The number of nitrogens with zero attached hydrogens (tertiary/aromatic N) is 2. The Bertz CT molecular complexity index is 997. The standard InChI is InChI=1S/C26H35N3O/c1-17-9-11-19(12-10-17)22-16-28-24(29(22)8)27-15-18-13-20(25(2,3)4)23(30)21(14-18)26(5,6)7/h9-14,16,30H,15H2,1-8H3,(H,27,28). The van der Waals surface area contributed by atoms with E-state index in [1.807, 2.05) is 13.2 Å². The zero-order valence-electron chi connectivity index (χ0n) is 19.6. The van der Waals surface area contributed by atoms with Gasteiger partial charge < -0.3 is 15.0 Å². The van der Waals surface area contributed by atoms with Crippen LogP contribution in [0.5, 0.6) is 5.75 Å². The lowest BCUT2D eigenvalue weighted by Crippen LogP contribution is -2.18. The van der Waals surface area contributed by atoms with E-state index in [0.717, 1.165) is 33.9 Å². The Morgan fingerprint density at radius 2 is 1.47 bits per heavy atom. The first-order chi connectivity index (χ1) is 13.9. The molecule has 30 heavy (non-hydrogen) atoms. The maximum Gasteiger partial charge on any atom is 0.203 e. The fraction of sp³-hybridized carbons (Fsp3) is 0.423. The third-order valence-corrected chi connectivity index (χ3v) is 5.57. The summed E-state index contributed by atoms with van der Waals surface area (Å²) in [5, 5.41) is 14.4. The molecule has 3 rings (SSSR count). The van der Waals surface area contributed by atoms with Crippen molar-refractivity contribution in [2.45, 2.75) is 65.8 Å². The lowest BCUT2D eigenvalue weighted by atomic mass is 9.78. The second-order valence-corrected chi connectivity index (χ2v) is 10.3. The molecular formula is C26H35N3O. The van der Waals surface area contributed by atoms with Crippen LogP contribution in [0.4, 0.5) is 5.95 Å². The molecule has 0 fully saturated rings. The van der Waals surface area contributed by atoms with Crippen LogP contribution in [-0.4, -0.2) is 14.7 Å². The third-order valence-electron chi connectivity index (χ3n) is 5.57. The molecular weight excluding hydrogens is 370 g/mol. The van der Waals surface area contributed by atoms with Crippen LogP contribution in [0.1, 0.15) is 63.8 Å². The second-order valence-electron chi connectivity index (χ2n) is 10.3. The van der Waals surface area contributed by atoms with E-state index in [9.17, 15) is 5.11 Å². The fourth-order valence-electron chi connectivity index (χ4n) is 3.69. The largest absolute Gasteiger partial charge is 0.507 e. The van der Waals surface area contributed by atoms with E-state index in [2.05, 4.69) is 99.7 Å². The first-order valence-corrected chi connectivity index (χ1v) is 10.6. The van der Waals surface area contributed by atoms with Gasteiger partial charge in [0.25, 0.3) is 0 Å². The van der Waals surface area contributed by atoms with Crippen LogP contribution in [0.3, 0.4) is 0 Å². The van der Waals surface area contributed by atoms with E-state index >= 15 is 0 Å². The molecule has 2 aromatic carbocycles. The van der Waals surface area contributed by atoms with Gasteiger partial charge in [-0.05, 0) is 52.1 Å². The highest BCUT2D eigenvalue weighted by atomic mass is 16.3. The van der Waals surface area contributed by atoms with Crippen LogP contribution in [0.25, 0.3) is 11.3 Å². The molecule has 4 heteroatoms. The number of phenols is 1. The van der Waals surface area contributed by atoms with Gasteiger partial charge in [0.2, 0.25) is 5.95 Å². The summed E-state index contributed by atoms with van der Waals surface area (Å²) in [7, 11) is 2.03. The molecule has 3 aromatic rings. The van der Waals surface area contributed by atoms with Gasteiger partial charge in [0.05, 0.1) is 11.9 Å². The first kappa shape index (κ1) is 21.9. The van der Waals surface area contributed by atoms with E-state index in [4.69, 9.17) is 0 Å². The molecule has 0 aliphatic rings. The van der Waals surface area contributed by atoms with Crippen molar-refractivity contribution in [3.05, 3.63) is 64.8 Å². The van der Waals surface area contributed by atoms with Gasteiger partial charge in [-0.3, -0.25) is 0 Å². The summed E-state index contributed by atoms with van der Waals surface area (Å²) >= 11 is 0. The van der Waals surface area contributed by atoms with Crippen LogP contribution in [0, 0.1) is 6.92 Å². The molecule has 2 N–H and O–H groups in total. The molecule has 0 spiro atoms. The van der Waals surface area contributed by atoms with Gasteiger partial charge in [-0.1, -0.05) is 71.4 Å². The Balaban J connectivity index is 1.90. The van der Waals surface area contributed by atoms with Crippen molar-refractivity contribution >= 4 is 5.95 Å². The molecule has 0 amide bonds. The van der Waals surface area contributed by atoms with Gasteiger partial charge in [-0.2, -0.15) is 0 Å². The van der Waals surface area contributed by atoms with Crippen LogP contribution >= 0.6 is 0 Å². The maximum absolute atomic E-state index is 10.9. The van der Waals surface area contributed by atoms with E-state index in [1.54, 1.807) is 0 Å². The Kier molecular flexibility index (Phi) is 5.72. The van der Waals surface area contributed by atoms with Gasteiger partial charge in [0, 0.05) is 13.6 Å². The zero-order valence-corrected chi connectivity index (χ0v) is 19.6. The second kappa shape index (κ2) is 7.82. The van der Waals surface area contributed by atoms with Crippen molar-refractivity contribution in [3.8, 4) is 17.0 Å². The molecule has 160 valence electrons. The highest BCUT2D eigenvalue weighted by Crippen LogP contribution is 2.40. The van der Waals surface area contributed by atoms with Crippen molar-refractivity contribution in [1.82, 2.24) is 9.55 Å². The van der Waals surface area contributed by atoms with Crippen molar-refractivity contribution in [2.24, 2.45) is 7.05 Å². The van der Waals surface area contributed by atoms with E-state index in [-0.39, 0.29) is 10.8 Å². The molecule has 0 saturated heterocycles. The molecule has 0 unspecified atom stereocenters. The normalized spacial score (nSPS) is 12.3. The Labute approximate surface area is 181 Å². The summed E-state index contributed by atoms with van der Waals surface area (Å²) in [6.45, 7) is 15.6. The number of benzene rings is 2. The van der Waals surface area contributed by atoms with Crippen LogP contribution in [0.2, 0.25) is 0 Å². The topological polar surface area (TPSA) is 50.1 Å². The summed E-state index contributed by atoms with van der Waals surface area (Å²) in [6.07, 6.45) is 1.91. The number of anilines is 1. The molecule has 0 aliphatic carbocycles. The quantitative estimate of drug-likeness (QED) is 0.535. The maximum atomic E-state index is 10.9. The van der Waals surface area contributed by atoms with Crippen molar-refractivity contribution in [2.75, 3.05) is 5.32 Å². The average molecular weight is 406 g/mol. The van der Waals surface area contributed by atoms with Gasteiger partial charge in [-0.25, -0.2) is 4.98 Å². The Morgan fingerprint density at radius 3 is 1.97 bits per heavy atom. The number of aromatic hydroxyl groups is 1. The number of phenolic OH excluding ortho intramolecular Hbond substituents is 1. The Hall–Kier alpha value is -2.75. The number of nitrogens with one attached hydrogen (secondary N) is 1. The van der Waals surface area contributed by atoms with Crippen molar-refractivity contribution in [1.29, 1.82) is 0 Å². The van der Waals surface area contributed by atoms with Crippen LogP contribution in [0.15, 0.2) is 42.6 Å². The third kappa shape index (κ3) is 4.53. The van der Waals surface area contributed by atoms with Gasteiger partial charge in [-0.15, -0.1) is 0 Å². The number of hydrogen-bond acceptors (Lipinski definition) is 3. The van der Waals surface area contributed by atoms with Gasteiger partial charge in [0.15, 0.2) is 0 Å². The number of aromatic nitrogens is 2. The van der Waals surface area contributed by atoms with E-state index < -0.39 is 0 Å². The van der Waals surface area contributed by atoms with Crippen LogP contribution in [-0.2, 0) is 24.4 Å². The molecule has 0 saturated carbocycles. The van der Waals surface area contributed by atoms with E-state index in [1.165, 1.54) is 5.56 Å². The van der Waals surface area contributed by atoms with Gasteiger partial charge >= 0.3 is 0 Å². The predicted molar refractivity (Wildman–Crippen MR) is 126 cm³/mol. The SMILES string of the molecule is Cc1ccc(-c2cnc(NCc3cc(C(C)(C)C)c(O)c(C(C)(C)C)c3)n2C)cc1. The lowest BCUT2D eigenvalue weighted by Gasteiger charge is -2.28. The molecule has 4 nitrogen and oxygen atoms in total. The average Bonchev–Trinajstić information content (AvgIpc) is 3.00.